The first kappa shape index (κ1) is 25.5. The summed E-state index contributed by atoms with van der Waals surface area (Å²) in [5.74, 6) is 1.08. The minimum Gasteiger partial charge on any atom is -0.481 e. The molecule has 4 atom stereocenters. The average Bonchev–Trinajstić information content (AvgIpc) is 3.46. The highest BCUT2D eigenvalue weighted by Gasteiger charge is 2.42. The van der Waals surface area contributed by atoms with E-state index in [2.05, 4.69) is 11.8 Å². The topological polar surface area (TPSA) is 40.5 Å². The highest BCUT2D eigenvalue weighted by atomic mass is 19.4. The van der Waals surface area contributed by atoms with Gasteiger partial charge >= 0.3 is 12.1 Å². The zero-order chi connectivity index (χ0) is 24.3. The maximum absolute atomic E-state index is 13.2. The molecule has 3 fully saturated rings. The van der Waals surface area contributed by atoms with Gasteiger partial charge in [0.15, 0.2) is 0 Å². The van der Waals surface area contributed by atoms with Crippen molar-refractivity contribution in [3.8, 4) is 0 Å². The monoisotopic (exact) mass is 479 g/mol. The number of hydrogen-bond acceptors (Lipinski definition) is 2. The van der Waals surface area contributed by atoms with Gasteiger partial charge in [-0.25, -0.2) is 0 Å². The van der Waals surface area contributed by atoms with Crippen LogP contribution in [0, 0.1) is 23.7 Å². The van der Waals surface area contributed by atoms with Gasteiger partial charge in [0.25, 0.3) is 0 Å². The molecule has 0 bridgehead atoms. The molecule has 0 aliphatic heterocycles. The Morgan fingerprint density at radius 1 is 0.912 bits per heavy atom. The number of benzene rings is 1. The van der Waals surface area contributed by atoms with Gasteiger partial charge in [-0.2, -0.15) is 13.2 Å². The van der Waals surface area contributed by atoms with E-state index in [1.807, 2.05) is 0 Å². The second-order valence-electron chi connectivity index (χ2n) is 11.4. The van der Waals surface area contributed by atoms with Crippen molar-refractivity contribution in [2.24, 2.45) is 23.7 Å². The lowest BCUT2D eigenvalue weighted by molar-refractivity contribution is -0.139. The third kappa shape index (κ3) is 6.35. The number of aliphatic carboxylic acids is 1. The number of rotatable bonds is 8. The Bertz CT molecular complexity index is 779. The van der Waals surface area contributed by atoms with E-state index >= 15 is 0 Å². The molecule has 6 heteroatoms. The van der Waals surface area contributed by atoms with Gasteiger partial charge in [-0.15, -0.1) is 0 Å². The number of alkyl halides is 3. The number of hydrogen-bond donors (Lipinski definition) is 1. The predicted molar refractivity (Wildman–Crippen MR) is 128 cm³/mol. The Morgan fingerprint density at radius 3 is 1.91 bits per heavy atom. The first-order valence-electron chi connectivity index (χ1n) is 13.3. The number of carboxylic acids is 1. The molecule has 3 aliphatic carbocycles. The van der Waals surface area contributed by atoms with Crippen molar-refractivity contribution in [2.75, 3.05) is 13.1 Å². The lowest BCUT2D eigenvalue weighted by Gasteiger charge is -2.48. The Hall–Kier alpha value is -1.56. The molecular weight excluding hydrogens is 439 g/mol. The van der Waals surface area contributed by atoms with Crippen LogP contribution in [0.1, 0.15) is 94.6 Å². The van der Waals surface area contributed by atoms with E-state index in [0.29, 0.717) is 17.8 Å². The van der Waals surface area contributed by atoms with Crippen LogP contribution in [0.15, 0.2) is 24.3 Å². The summed E-state index contributed by atoms with van der Waals surface area (Å²) in [5.41, 5.74) is 0.315. The zero-order valence-corrected chi connectivity index (χ0v) is 20.4. The lowest BCUT2D eigenvalue weighted by atomic mass is 9.68. The van der Waals surface area contributed by atoms with Crippen molar-refractivity contribution in [1.29, 1.82) is 0 Å². The molecule has 1 aromatic carbocycles. The molecule has 1 N–H and O–H groups in total. The quantitative estimate of drug-likeness (QED) is 0.423. The van der Waals surface area contributed by atoms with Gasteiger partial charge in [-0.3, -0.25) is 9.69 Å². The van der Waals surface area contributed by atoms with Crippen LogP contribution in [-0.4, -0.2) is 35.1 Å². The highest BCUT2D eigenvalue weighted by molar-refractivity contribution is 5.67. The molecule has 3 nitrogen and oxygen atoms in total. The normalized spacial score (nSPS) is 29.2. The fourth-order valence-corrected chi connectivity index (χ4v) is 7.30. The molecule has 0 aromatic heterocycles. The van der Waals surface area contributed by atoms with Crippen molar-refractivity contribution in [1.82, 2.24) is 4.90 Å². The van der Waals surface area contributed by atoms with Crippen LogP contribution in [-0.2, 0) is 11.0 Å². The minimum absolute atomic E-state index is 0.0656. The van der Waals surface area contributed by atoms with E-state index in [-0.39, 0.29) is 24.3 Å². The first-order valence-corrected chi connectivity index (χ1v) is 13.3. The molecule has 0 spiro atoms. The number of carboxylic acid groups (broad SMARTS) is 1. The van der Waals surface area contributed by atoms with E-state index in [1.165, 1.54) is 63.5 Å². The molecule has 0 radical (unpaired) electrons. The van der Waals surface area contributed by atoms with Gasteiger partial charge < -0.3 is 5.11 Å². The number of halogens is 3. The maximum Gasteiger partial charge on any atom is 0.416 e. The van der Waals surface area contributed by atoms with Crippen molar-refractivity contribution < 1.29 is 23.1 Å². The van der Waals surface area contributed by atoms with Crippen molar-refractivity contribution >= 4 is 5.97 Å². The molecular formula is C28H40F3NO2. The molecule has 0 unspecified atom stereocenters. The summed E-state index contributed by atoms with van der Waals surface area (Å²) in [7, 11) is 0. The number of carbonyl (C=O) groups is 1. The molecule has 3 saturated carbocycles. The highest BCUT2D eigenvalue weighted by Crippen LogP contribution is 2.45. The van der Waals surface area contributed by atoms with Gasteiger partial charge in [0, 0.05) is 25.6 Å². The summed E-state index contributed by atoms with van der Waals surface area (Å²) in [6.07, 6.45) is 7.68. The first-order chi connectivity index (χ1) is 16.2. The van der Waals surface area contributed by atoms with E-state index in [4.69, 9.17) is 0 Å². The van der Waals surface area contributed by atoms with Gasteiger partial charge in [-0.05, 0) is 85.8 Å². The van der Waals surface area contributed by atoms with Crippen molar-refractivity contribution in [3.05, 3.63) is 35.4 Å². The molecule has 0 amide bonds. The summed E-state index contributed by atoms with van der Waals surface area (Å²) < 4.78 is 39.6. The van der Waals surface area contributed by atoms with Crippen LogP contribution in [0.2, 0.25) is 0 Å². The second-order valence-corrected chi connectivity index (χ2v) is 11.4. The summed E-state index contributed by atoms with van der Waals surface area (Å²) in [6.45, 7) is 4.39. The van der Waals surface area contributed by atoms with Crippen LogP contribution < -0.4 is 0 Å². The van der Waals surface area contributed by atoms with Crippen LogP contribution in [0.4, 0.5) is 13.2 Å². The summed E-state index contributed by atoms with van der Waals surface area (Å²) >= 11 is 0. The van der Waals surface area contributed by atoms with Gasteiger partial charge in [0.05, 0.1) is 5.56 Å². The summed E-state index contributed by atoms with van der Waals surface area (Å²) in [4.78, 5) is 14.2. The van der Waals surface area contributed by atoms with E-state index < -0.39 is 17.7 Å². The van der Waals surface area contributed by atoms with Gasteiger partial charge in [0.2, 0.25) is 0 Å². The fraction of sp³-hybridized carbons (Fsp3) is 0.750. The molecule has 0 saturated heterocycles. The largest absolute Gasteiger partial charge is 0.481 e. The van der Waals surface area contributed by atoms with E-state index in [9.17, 15) is 23.1 Å². The summed E-state index contributed by atoms with van der Waals surface area (Å²) in [6, 6.07) is 5.97. The van der Waals surface area contributed by atoms with E-state index in [0.717, 1.165) is 31.5 Å². The second kappa shape index (κ2) is 11.0. The zero-order valence-electron chi connectivity index (χ0n) is 20.4. The smallest absolute Gasteiger partial charge is 0.416 e. The van der Waals surface area contributed by atoms with Crippen molar-refractivity contribution in [2.45, 2.75) is 95.7 Å². The molecule has 3 aliphatic rings. The number of nitrogens with zero attached hydrogens (tertiary/aromatic N) is 1. The average molecular weight is 480 g/mol. The SMILES string of the molecule is C[C@@H]1C[C@@H](CC(=O)O)C[C@@H](c2ccc(C(F)(F)F)cc2)[C@@H]1N(CC1CCCC1)CC1CCCC1. The standard InChI is InChI=1S/C28H40F3NO2/c1-19-14-22(16-26(33)34)15-25(23-10-12-24(13-11-23)28(29,30)31)27(19)32(17-20-6-2-3-7-20)18-21-8-4-5-9-21/h10-13,19-22,25,27H,2-9,14-18H2,1H3,(H,33,34)/t19-,22-,25+,27-/m1/s1. The Labute approximate surface area is 202 Å². The molecule has 34 heavy (non-hydrogen) atoms. The van der Waals surface area contributed by atoms with Crippen molar-refractivity contribution in [3.63, 3.8) is 0 Å². The molecule has 0 heterocycles. The van der Waals surface area contributed by atoms with E-state index in [1.54, 1.807) is 12.1 Å². The van der Waals surface area contributed by atoms with Gasteiger partial charge in [-0.1, -0.05) is 44.7 Å². The molecule has 4 rings (SSSR count). The van der Waals surface area contributed by atoms with Crippen LogP contribution in [0.25, 0.3) is 0 Å². The predicted octanol–water partition coefficient (Wildman–Crippen LogP) is 7.36. The van der Waals surface area contributed by atoms with Crippen LogP contribution in [0.3, 0.4) is 0 Å². The van der Waals surface area contributed by atoms with Crippen LogP contribution in [0.5, 0.6) is 0 Å². The maximum atomic E-state index is 13.2. The minimum atomic E-state index is -4.35. The molecule has 1 aromatic rings. The third-order valence-corrected chi connectivity index (χ3v) is 8.77. The summed E-state index contributed by atoms with van der Waals surface area (Å²) in [5, 5.41) is 9.45. The molecule has 190 valence electrons. The van der Waals surface area contributed by atoms with Gasteiger partial charge in [0.1, 0.15) is 0 Å². The Morgan fingerprint density at radius 2 is 1.44 bits per heavy atom. The third-order valence-electron chi connectivity index (χ3n) is 8.77. The Balaban J connectivity index is 1.63. The fourth-order valence-electron chi connectivity index (χ4n) is 7.30. The lowest BCUT2D eigenvalue weighted by Crippen LogP contribution is -2.50. The Kier molecular flexibility index (Phi) is 8.27. The van der Waals surface area contributed by atoms with Crippen LogP contribution >= 0.6 is 0 Å².